The van der Waals surface area contributed by atoms with Crippen molar-refractivity contribution in [2.75, 3.05) is 13.7 Å². The average molecular weight is 332 g/mol. The summed E-state index contributed by atoms with van der Waals surface area (Å²) in [6.45, 7) is 2.07. The highest BCUT2D eigenvalue weighted by atomic mass is 16.5. The summed E-state index contributed by atoms with van der Waals surface area (Å²) >= 11 is 0. The second-order valence-corrected chi connectivity index (χ2v) is 6.19. The number of carbonyl (C=O) groups excluding carboxylic acids is 3. The number of fused-ring (bicyclic) bond motifs is 1. The molecule has 128 valence electrons. The summed E-state index contributed by atoms with van der Waals surface area (Å²) < 4.78 is 4.72. The third-order valence-corrected chi connectivity index (χ3v) is 4.71. The maximum atomic E-state index is 12.8. The SMILES string of the molecule is COC(=O)[C@@H]1C[C@@H](O)CN1C(=O)[C@H](C)N1Cc2ccccc2C1=O. The fraction of sp³-hybridized carbons (Fsp3) is 0.471. The first-order chi connectivity index (χ1) is 11.4. The van der Waals surface area contributed by atoms with Crippen LogP contribution in [0.1, 0.15) is 29.3 Å². The molecule has 0 spiro atoms. The largest absolute Gasteiger partial charge is 0.467 e. The Bertz CT molecular complexity index is 689. The zero-order valence-electron chi connectivity index (χ0n) is 13.6. The predicted molar refractivity (Wildman–Crippen MR) is 83.9 cm³/mol. The van der Waals surface area contributed by atoms with Crippen molar-refractivity contribution in [2.24, 2.45) is 0 Å². The Morgan fingerprint density at radius 2 is 2.04 bits per heavy atom. The molecular formula is C17H20N2O5. The van der Waals surface area contributed by atoms with E-state index in [2.05, 4.69) is 0 Å². The number of methoxy groups -OCH3 is 1. The quantitative estimate of drug-likeness (QED) is 0.797. The molecule has 1 N–H and O–H groups in total. The number of esters is 1. The van der Waals surface area contributed by atoms with Gasteiger partial charge in [-0.3, -0.25) is 9.59 Å². The van der Waals surface area contributed by atoms with Crippen LogP contribution >= 0.6 is 0 Å². The molecule has 1 fully saturated rings. The molecule has 1 aromatic rings. The fourth-order valence-corrected chi connectivity index (χ4v) is 3.38. The molecule has 0 aliphatic carbocycles. The van der Waals surface area contributed by atoms with Gasteiger partial charge in [0.15, 0.2) is 0 Å². The zero-order chi connectivity index (χ0) is 17.4. The lowest BCUT2D eigenvalue weighted by Crippen LogP contribution is -2.51. The highest BCUT2D eigenvalue weighted by molar-refractivity contribution is 6.01. The number of β-amino-alcohol motifs (C(OH)–C–C–N with tert-alkyl or cyclic N) is 1. The van der Waals surface area contributed by atoms with Gasteiger partial charge in [-0.2, -0.15) is 0 Å². The molecule has 0 bridgehead atoms. The van der Waals surface area contributed by atoms with Crippen LogP contribution in [-0.2, 0) is 20.9 Å². The van der Waals surface area contributed by atoms with Crippen molar-refractivity contribution in [3.8, 4) is 0 Å². The van der Waals surface area contributed by atoms with Crippen molar-refractivity contribution < 1.29 is 24.2 Å². The van der Waals surface area contributed by atoms with Gasteiger partial charge in [0.05, 0.1) is 13.2 Å². The van der Waals surface area contributed by atoms with E-state index in [1.165, 1.54) is 16.9 Å². The highest BCUT2D eigenvalue weighted by Crippen LogP contribution is 2.27. The zero-order valence-corrected chi connectivity index (χ0v) is 13.6. The number of amides is 2. The summed E-state index contributed by atoms with van der Waals surface area (Å²) in [6, 6.07) is 5.72. The van der Waals surface area contributed by atoms with Crippen molar-refractivity contribution in [1.29, 1.82) is 0 Å². The normalized spacial score (nSPS) is 24.0. The smallest absolute Gasteiger partial charge is 0.328 e. The number of carbonyl (C=O) groups is 3. The van der Waals surface area contributed by atoms with Crippen LogP contribution in [0.3, 0.4) is 0 Å². The number of hydrogen-bond acceptors (Lipinski definition) is 5. The summed E-state index contributed by atoms with van der Waals surface area (Å²) in [6.07, 6.45) is -0.615. The van der Waals surface area contributed by atoms with Crippen LogP contribution in [-0.4, -0.2) is 64.5 Å². The molecule has 2 amide bonds. The Kier molecular flexibility index (Phi) is 4.28. The molecule has 7 heteroatoms. The van der Waals surface area contributed by atoms with E-state index in [0.29, 0.717) is 12.1 Å². The third kappa shape index (κ3) is 2.65. The van der Waals surface area contributed by atoms with Gasteiger partial charge >= 0.3 is 5.97 Å². The van der Waals surface area contributed by atoms with Crippen LogP contribution in [0.2, 0.25) is 0 Å². The van der Waals surface area contributed by atoms with Gasteiger partial charge in [0.2, 0.25) is 5.91 Å². The molecule has 0 unspecified atom stereocenters. The first-order valence-electron chi connectivity index (χ1n) is 7.89. The summed E-state index contributed by atoms with van der Waals surface area (Å²) in [7, 11) is 1.25. The molecule has 0 radical (unpaired) electrons. The predicted octanol–water partition coefficient (Wildman–Crippen LogP) is 0.166. The molecule has 3 rings (SSSR count). The standard InChI is InChI=1S/C17H20N2O5/c1-10(18-8-11-5-3-4-6-13(11)16(18)22)15(21)19-9-12(20)7-14(19)17(23)24-2/h3-6,10,12,14,20H,7-9H2,1-2H3/t10-,12+,14-/m0/s1. The van der Waals surface area contributed by atoms with Gasteiger partial charge in [0.25, 0.3) is 5.91 Å². The van der Waals surface area contributed by atoms with Crippen LogP contribution in [0, 0.1) is 0 Å². The fourth-order valence-electron chi connectivity index (χ4n) is 3.38. The molecule has 2 heterocycles. The molecule has 1 aromatic carbocycles. The number of aliphatic hydroxyl groups is 1. The molecule has 3 atom stereocenters. The Morgan fingerprint density at radius 1 is 1.33 bits per heavy atom. The molecule has 2 aliphatic rings. The number of ether oxygens (including phenoxy) is 1. The molecule has 0 aromatic heterocycles. The molecule has 0 saturated carbocycles. The van der Waals surface area contributed by atoms with Crippen molar-refractivity contribution in [2.45, 2.75) is 38.1 Å². The van der Waals surface area contributed by atoms with Gasteiger partial charge in [-0.25, -0.2) is 4.79 Å². The molecule has 7 nitrogen and oxygen atoms in total. The summed E-state index contributed by atoms with van der Waals surface area (Å²) in [5.41, 5.74) is 1.48. The topological polar surface area (TPSA) is 87.2 Å². The molecular weight excluding hydrogens is 312 g/mol. The van der Waals surface area contributed by atoms with Crippen molar-refractivity contribution in [3.05, 3.63) is 35.4 Å². The van der Waals surface area contributed by atoms with E-state index in [1.807, 2.05) is 12.1 Å². The van der Waals surface area contributed by atoms with Gasteiger partial charge in [0.1, 0.15) is 12.1 Å². The Hall–Kier alpha value is -2.41. The van der Waals surface area contributed by atoms with Crippen LogP contribution in [0.25, 0.3) is 0 Å². The lowest BCUT2D eigenvalue weighted by Gasteiger charge is -2.30. The van der Waals surface area contributed by atoms with E-state index in [0.717, 1.165) is 5.56 Å². The lowest BCUT2D eigenvalue weighted by atomic mass is 10.1. The first kappa shape index (κ1) is 16.4. The van der Waals surface area contributed by atoms with E-state index in [4.69, 9.17) is 4.74 Å². The van der Waals surface area contributed by atoms with Gasteiger partial charge in [-0.15, -0.1) is 0 Å². The maximum Gasteiger partial charge on any atom is 0.328 e. The number of aliphatic hydroxyl groups excluding tert-OH is 1. The minimum absolute atomic E-state index is 0.0674. The highest BCUT2D eigenvalue weighted by Gasteiger charge is 2.43. The van der Waals surface area contributed by atoms with Crippen molar-refractivity contribution in [3.63, 3.8) is 0 Å². The second kappa shape index (κ2) is 6.24. The summed E-state index contributed by atoms with van der Waals surface area (Å²) in [5.74, 6) is -1.10. The van der Waals surface area contributed by atoms with E-state index in [1.54, 1.807) is 19.1 Å². The van der Waals surface area contributed by atoms with Gasteiger partial charge < -0.3 is 19.6 Å². The van der Waals surface area contributed by atoms with Gasteiger partial charge in [-0.05, 0) is 18.6 Å². The third-order valence-electron chi connectivity index (χ3n) is 4.71. The minimum Gasteiger partial charge on any atom is -0.467 e. The van der Waals surface area contributed by atoms with E-state index < -0.39 is 24.2 Å². The lowest BCUT2D eigenvalue weighted by molar-refractivity contribution is -0.152. The number of likely N-dealkylation sites (tertiary alicyclic amines) is 1. The molecule has 24 heavy (non-hydrogen) atoms. The van der Waals surface area contributed by atoms with Crippen LogP contribution in [0.5, 0.6) is 0 Å². The summed E-state index contributed by atoms with van der Waals surface area (Å²) in [4.78, 5) is 40.0. The average Bonchev–Trinajstić information content (AvgIpc) is 3.14. The van der Waals surface area contributed by atoms with E-state index in [9.17, 15) is 19.5 Å². The molecule has 1 saturated heterocycles. The van der Waals surface area contributed by atoms with Crippen LogP contribution in [0.15, 0.2) is 24.3 Å². The number of nitrogens with zero attached hydrogens (tertiary/aromatic N) is 2. The summed E-state index contributed by atoms with van der Waals surface area (Å²) in [5, 5.41) is 9.82. The number of rotatable bonds is 3. The number of hydrogen-bond donors (Lipinski definition) is 1. The Labute approximate surface area is 139 Å². The van der Waals surface area contributed by atoms with Crippen LogP contribution in [0.4, 0.5) is 0 Å². The second-order valence-electron chi connectivity index (χ2n) is 6.19. The Balaban J connectivity index is 1.78. The van der Waals surface area contributed by atoms with Crippen molar-refractivity contribution in [1.82, 2.24) is 9.80 Å². The molecule has 2 aliphatic heterocycles. The minimum atomic E-state index is -0.806. The van der Waals surface area contributed by atoms with Crippen molar-refractivity contribution >= 4 is 17.8 Å². The van der Waals surface area contributed by atoms with Gasteiger partial charge in [-0.1, -0.05) is 18.2 Å². The van der Waals surface area contributed by atoms with Gasteiger partial charge in [0, 0.05) is 25.1 Å². The first-order valence-corrected chi connectivity index (χ1v) is 7.89. The number of benzene rings is 1. The maximum absolute atomic E-state index is 12.8. The monoisotopic (exact) mass is 332 g/mol. The Morgan fingerprint density at radius 3 is 2.71 bits per heavy atom. The van der Waals surface area contributed by atoms with Crippen LogP contribution < -0.4 is 0 Å². The van der Waals surface area contributed by atoms with E-state index >= 15 is 0 Å². The van der Waals surface area contributed by atoms with E-state index in [-0.39, 0.29) is 24.8 Å².